The summed E-state index contributed by atoms with van der Waals surface area (Å²) in [5.74, 6) is 1.61. The number of rotatable bonds is 1. The topological polar surface area (TPSA) is 0 Å². The van der Waals surface area contributed by atoms with Crippen LogP contribution in [-0.2, 0) is 0 Å². The van der Waals surface area contributed by atoms with Gasteiger partial charge in [-0.3, -0.25) is 0 Å². The average molecular weight is 139 g/mol. The number of hydrogen-bond acceptors (Lipinski definition) is 0. The van der Waals surface area contributed by atoms with Crippen LogP contribution in [0.3, 0.4) is 0 Å². The van der Waals surface area contributed by atoms with E-state index in [2.05, 4.69) is 13.8 Å². The lowest BCUT2D eigenvalue weighted by atomic mass is 9.89. The Hall–Kier alpha value is 0. The predicted molar refractivity (Wildman–Crippen MR) is 45.7 cm³/mol. The molecule has 10 heavy (non-hydrogen) atoms. The second-order valence-electron chi connectivity index (χ2n) is 3.73. The van der Waals surface area contributed by atoms with Crippen molar-refractivity contribution in [1.29, 1.82) is 0 Å². The zero-order chi connectivity index (χ0) is 7.40. The molecule has 1 atom stereocenters. The van der Waals surface area contributed by atoms with Crippen molar-refractivity contribution < 1.29 is 0 Å². The molecule has 0 aromatic heterocycles. The molecule has 0 heteroatoms. The monoisotopic (exact) mass is 139 g/mol. The zero-order valence-electron chi connectivity index (χ0n) is 7.10. The molecular formula is C10H19. The van der Waals surface area contributed by atoms with Crippen LogP contribution in [0.1, 0.15) is 45.4 Å². The first-order valence-electron chi connectivity index (χ1n) is 4.64. The fourth-order valence-electron chi connectivity index (χ4n) is 1.88. The minimum absolute atomic E-state index is 0.679. The van der Waals surface area contributed by atoms with Crippen LogP contribution in [0.2, 0.25) is 0 Å². The van der Waals surface area contributed by atoms with Crippen LogP contribution in [-0.4, -0.2) is 0 Å². The van der Waals surface area contributed by atoms with Crippen molar-refractivity contribution in [2.75, 3.05) is 0 Å². The molecule has 1 aliphatic carbocycles. The van der Waals surface area contributed by atoms with E-state index < -0.39 is 0 Å². The van der Waals surface area contributed by atoms with Gasteiger partial charge in [-0.2, -0.15) is 0 Å². The second kappa shape index (κ2) is 4.00. The van der Waals surface area contributed by atoms with Crippen molar-refractivity contribution in [2.45, 2.75) is 45.4 Å². The molecule has 0 heterocycles. The molecule has 0 amide bonds. The molecule has 0 aromatic carbocycles. The highest BCUT2D eigenvalue weighted by Gasteiger charge is 2.14. The Morgan fingerprint density at radius 1 is 1.10 bits per heavy atom. The summed E-state index contributed by atoms with van der Waals surface area (Å²) in [6, 6.07) is 0. The Morgan fingerprint density at radius 3 is 2.00 bits per heavy atom. The molecule has 59 valence electrons. The first-order chi connectivity index (χ1) is 4.80. The lowest BCUT2D eigenvalue weighted by molar-refractivity contribution is 0.370. The molecule has 1 fully saturated rings. The van der Waals surface area contributed by atoms with Crippen LogP contribution < -0.4 is 0 Å². The van der Waals surface area contributed by atoms with Crippen molar-refractivity contribution in [3.63, 3.8) is 0 Å². The average Bonchev–Trinajstić information content (AvgIpc) is 2.12. The quantitative estimate of drug-likeness (QED) is 0.488. The van der Waals surface area contributed by atoms with Crippen molar-refractivity contribution in [3.05, 3.63) is 6.92 Å². The molecule has 1 unspecified atom stereocenters. The molecule has 0 saturated heterocycles. The maximum Gasteiger partial charge on any atom is -0.0388 e. The molecule has 1 radical (unpaired) electrons. The summed E-state index contributed by atoms with van der Waals surface area (Å²) in [6.07, 6.45) is 8.69. The highest BCUT2D eigenvalue weighted by molar-refractivity contribution is 4.70. The Labute approximate surface area is 65.0 Å². The van der Waals surface area contributed by atoms with Crippen LogP contribution in [0.15, 0.2) is 0 Å². The summed E-state index contributed by atoms with van der Waals surface area (Å²) in [4.78, 5) is 0. The van der Waals surface area contributed by atoms with E-state index in [1.54, 1.807) is 0 Å². The van der Waals surface area contributed by atoms with Crippen molar-refractivity contribution in [2.24, 2.45) is 11.8 Å². The van der Waals surface area contributed by atoms with Crippen molar-refractivity contribution in [3.8, 4) is 0 Å². The molecule has 0 aromatic rings. The Kier molecular flexibility index (Phi) is 3.24. The number of hydrogen-bond donors (Lipinski definition) is 0. The smallest absolute Gasteiger partial charge is 0.0388 e. The van der Waals surface area contributed by atoms with E-state index in [1.165, 1.54) is 38.5 Å². The van der Waals surface area contributed by atoms with Gasteiger partial charge in [0, 0.05) is 0 Å². The van der Waals surface area contributed by atoms with Crippen molar-refractivity contribution in [1.82, 2.24) is 0 Å². The van der Waals surface area contributed by atoms with E-state index in [9.17, 15) is 0 Å². The van der Waals surface area contributed by atoms with Gasteiger partial charge >= 0.3 is 0 Å². The van der Waals surface area contributed by atoms with Gasteiger partial charge in [0.2, 0.25) is 0 Å². The third-order valence-corrected chi connectivity index (χ3v) is 2.70. The van der Waals surface area contributed by atoms with Gasteiger partial charge in [-0.1, -0.05) is 52.4 Å². The Balaban J connectivity index is 2.28. The molecule has 1 rings (SSSR count). The first kappa shape index (κ1) is 8.10. The summed E-state index contributed by atoms with van der Waals surface area (Å²) >= 11 is 0. The lowest BCUT2D eigenvalue weighted by Crippen LogP contribution is -2.06. The van der Waals surface area contributed by atoms with Gasteiger partial charge in [0.25, 0.3) is 0 Å². The first-order valence-corrected chi connectivity index (χ1v) is 4.64. The standard InChI is InChI=1S/C10H19/c1-9(2)10-7-5-3-4-6-8-10/h9-10H,1,3-8H2,2H3. The predicted octanol–water partition coefficient (Wildman–Crippen LogP) is 3.43. The third kappa shape index (κ3) is 2.32. The van der Waals surface area contributed by atoms with Crippen LogP contribution in [0.5, 0.6) is 0 Å². The van der Waals surface area contributed by atoms with Gasteiger partial charge in [0.1, 0.15) is 0 Å². The molecule has 1 aliphatic rings. The van der Waals surface area contributed by atoms with E-state index in [4.69, 9.17) is 0 Å². The second-order valence-corrected chi connectivity index (χ2v) is 3.73. The lowest BCUT2D eigenvalue weighted by Gasteiger charge is -2.17. The highest BCUT2D eigenvalue weighted by atomic mass is 14.2. The van der Waals surface area contributed by atoms with E-state index in [0.29, 0.717) is 5.92 Å². The SMILES string of the molecule is [CH2]C(C)C1CCCCCC1. The minimum Gasteiger partial charge on any atom is -0.0622 e. The van der Waals surface area contributed by atoms with Gasteiger partial charge in [-0.25, -0.2) is 0 Å². The largest absolute Gasteiger partial charge is 0.0622 e. The Bertz CT molecular complexity index is 76.0. The molecule has 1 saturated carbocycles. The van der Waals surface area contributed by atoms with Crippen molar-refractivity contribution >= 4 is 0 Å². The molecule has 0 bridgehead atoms. The van der Waals surface area contributed by atoms with E-state index in [-0.39, 0.29) is 0 Å². The molecule has 0 N–H and O–H groups in total. The van der Waals surface area contributed by atoms with Crippen LogP contribution in [0.25, 0.3) is 0 Å². The minimum atomic E-state index is 0.679. The van der Waals surface area contributed by atoms with Gasteiger partial charge in [-0.05, 0) is 11.8 Å². The molecule has 0 spiro atoms. The third-order valence-electron chi connectivity index (χ3n) is 2.70. The van der Waals surface area contributed by atoms with E-state index in [0.717, 1.165) is 5.92 Å². The normalized spacial score (nSPS) is 23.1. The van der Waals surface area contributed by atoms with Crippen LogP contribution >= 0.6 is 0 Å². The summed E-state index contributed by atoms with van der Waals surface area (Å²) in [5.41, 5.74) is 0. The van der Waals surface area contributed by atoms with Gasteiger partial charge in [-0.15, -0.1) is 0 Å². The van der Waals surface area contributed by atoms with E-state index >= 15 is 0 Å². The summed E-state index contributed by atoms with van der Waals surface area (Å²) in [6.45, 7) is 6.36. The van der Waals surface area contributed by atoms with Crippen LogP contribution in [0, 0.1) is 18.8 Å². The highest BCUT2D eigenvalue weighted by Crippen LogP contribution is 2.27. The van der Waals surface area contributed by atoms with Gasteiger partial charge in [0.05, 0.1) is 0 Å². The van der Waals surface area contributed by atoms with Gasteiger partial charge < -0.3 is 0 Å². The molecule has 0 aliphatic heterocycles. The fraction of sp³-hybridized carbons (Fsp3) is 0.900. The molecular weight excluding hydrogens is 120 g/mol. The maximum absolute atomic E-state index is 4.10. The van der Waals surface area contributed by atoms with E-state index in [1.807, 2.05) is 0 Å². The maximum atomic E-state index is 4.10. The molecule has 0 nitrogen and oxygen atoms in total. The summed E-state index contributed by atoms with van der Waals surface area (Å²) in [7, 11) is 0. The fourth-order valence-corrected chi connectivity index (χ4v) is 1.88. The van der Waals surface area contributed by atoms with Crippen LogP contribution in [0.4, 0.5) is 0 Å². The zero-order valence-corrected chi connectivity index (χ0v) is 7.10. The van der Waals surface area contributed by atoms with Gasteiger partial charge in [0.15, 0.2) is 0 Å². The summed E-state index contributed by atoms with van der Waals surface area (Å²) in [5, 5.41) is 0. The summed E-state index contributed by atoms with van der Waals surface area (Å²) < 4.78 is 0. The Morgan fingerprint density at radius 2 is 1.60 bits per heavy atom.